The fourth-order valence-corrected chi connectivity index (χ4v) is 2.03. The number of rotatable bonds is 4. The maximum atomic E-state index is 13.5. The van der Waals surface area contributed by atoms with E-state index in [2.05, 4.69) is 20.8 Å². The van der Waals surface area contributed by atoms with Crippen molar-refractivity contribution >= 4 is 11.6 Å². The third kappa shape index (κ3) is 3.63. The molecule has 0 aliphatic heterocycles. The Balaban J connectivity index is 3.23. The second kappa shape index (κ2) is 6.17. The summed E-state index contributed by atoms with van der Waals surface area (Å²) in [6.45, 7) is 14.6. The summed E-state index contributed by atoms with van der Waals surface area (Å²) in [6, 6.07) is 4.88. The van der Waals surface area contributed by atoms with Crippen molar-refractivity contribution in [3.8, 4) is 0 Å². The van der Waals surface area contributed by atoms with Gasteiger partial charge in [0.25, 0.3) is 0 Å². The average molecular weight is 293 g/mol. The van der Waals surface area contributed by atoms with Crippen LogP contribution in [0.15, 0.2) is 18.2 Å². The second-order valence-corrected chi connectivity index (χ2v) is 7.27. The van der Waals surface area contributed by atoms with E-state index >= 15 is 0 Å². The topological polar surface area (TPSA) is 20.3 Å². The highest BCUT2D eigenvalue weighted by molar-refractivity contribution is 5.97. The minimum Gasteiger partial charge on any atom is -0.312 e. The predicted octanol–water partition coefficient (Wildman–Crippen LogP) is 4.95. The Hall–Kier alpha value is -1.38. The van der Waals surface area contributed by atoms with E-state index in [-0.39, 0.29) is 17.1 Å². The van der Waals surface area contributed by atoms with Gasteiger partial charge in [-0.15, -0.1) is 0 Å². The highest BCUT2D eigenvalue weighted by Gasteiger charge is 2.42. The quantitative estimate of drug-likeness (QED) is 0.769. The summed E-state index contributed by atoms with van der Waals surface area (Å²) in [5, 5.41) is 0. The highest BCUT2D eigenvalue weighted by Crippen LogP contribution is 2.40. The third-order valence-corrected chi connectivity index (χ3v) is 4.56. The number of anilines is 1. The van der Waals surface area contributed by atoms with Crippen LogP contribution in [0.2, 0.25) is 0 Å². The number of halogens is 1. The SMILES string of the molecule is CCCN(C(=O)C(C)(C)C(C)(C)C)c1ccc(F)c(C)c1. The molecule has 1 aromatic carbocycles. The molecule has 0 heterocycles. The summed E-state index contributed by atoms with van der Waals surface area (Å²) >= 11 is 0. The van der Waals surface area contributed by atoms with E-state index in [1.807, 2.05) is 20.8 Å². The van der Waals surface area contributed by atoms with Crippen LogP contribution in [-0.2, 0) is 4.79 Å². The largest absolute Gasteiger partial charge is 0.312 e. The zero-order valence-electron chi connectivity index (χ0n) is 14.4. The van der Waals surface area contributed by atoms with Gasteiger partial charge in [0.05, 0.1) is 0 Å². The van der Waals surface area contributed by atoms with Crippen LogP contribution < -0.4 is 4.90 Å². The van der Waals surface area contributed by atoms with E-state index in [1.54, 1.807) is 24.0 Å². The van der Waals surface area contributed by atoms with Crippen molar-refractivity contribution in [3.63, 3.8) is 0 Å². The van der Waals surface area contributed by atoms with Crippen LogP contribution in [0, 0.1) is 23.6 Å². The molecule has 0 bridgehead atoms. The van der Waals surface area contributed by atoms with Crippen LogP contribution in [0.25, 0.3) is 0 Å². The van der Waals surface area contributed by atoms with Crippen molar-refractivity contribution in [2.75, 3.05) is 11.4 Å². The van der Waals surface area contributed by atoms with Gasteiger partial charge in [-0.25, -0.2) is 4.39 Å². The number of carbonyl (C=O) groups excluding carboxylic acids is 1. The van der Waals surface area contributed by atoms with E-state index in [1.165, 1.54) is 6.07 Å². The van der Waals surface area contributed by atoms with Crippen molar-refractivity contribution < 1.29 is 9.18 Å². The molecule has 0 aromatic heterocycles. The van der Waals surface area contributed by atoms with Gasteiger partial charge in [-0.2, -0.15) is 0 Å². The zero-order valence-corrected chi connectivity index (χ0v) is 14.4. The number of aryl methyl sites for hydroxylation is 1. The molecule has 0 radical (unpaired) electrons. The number of benzene rings is 1. The number of amides is 1. The van der Waals surface area contributed by atoms with Gasteiger partial charge >= 0.3 is 0 Å². The van der Waals surface area contributed by atoms with Crippen LogP contribution in [0.4, 0.5) is 10.1 Å². The third-order valence-electron chi connectivity index (χ3n) is 4.56. The summed E-state index contributed by atoms with van der Waals surface area (Å²) < 4.78 is 13.5. The van der Waals surface area contributed by atoms with Crippen LogP contribution in [0.1, 0.15) is 53.5 Å². The van der Waals surface area contributed by atoms with Gasteiger partial charge in [0.15, 0.2) is 0 Å². The molecule has 0 atom stereocenters. The van der Waals surface area contributed by atoms with Crippen molar-refractivity contribution in [1.29, 1.82) is 0 Å². The molecule has 0 fully saturated rings. The summed E-state index contributed by atoms with van der Waals surface area (Å²) in [5.41, 5.74) is 0.698. The number of carbonyl (C=O) groups is 1. The minimum atomic E-state index is -0.496. The Morgan fingerprint density at radius 1 is 1.19 bits per heavy atom. The monoisotopic (exact) mass is 293 g/mol. The molecule has 3 heteroatoms. The van der Waals surface area contributed by atoms with Gasteiger partial charge < -0.3 is 4.90 Å². The Morgan fingerprint density at radius 2 is 1.76 bits per heavy atom. The molecule has 0 saturated carbocycles. The van der Waals surface area contributed by atoms with Crippen LogP contribution >= 0.6 is 0 Å². The van der Waals surface area contributed by atoms with Gasteiger partial charge in [0.1, 0.15) is 5.82 Å². The van der Waals surface area contributed by atoms with E-state index in [0.29, 0.717) is 12.1 Å². The molecule has 21 heavy (non-hydrogen) atoms. The fourth-order valence-electron chi connectivity index (χ4n) is 2.03. The first-order chi connectivity index (χ1) is 9.52. The molecule has 0 spiro atoms. The maximum absolute atomic E-state index is 13.5. The molecule has 2 nitrogen and oxygen atoms in total. The Kier molecular flexibility index (Phi) is 5.19. The van der Waals surface area contributed by atoms with Crippen molar-refractivity contribution in [3.05, 3.63) is 29.6 Å². The smallest absolute Gasteiger partial charge is 0.233 e. The van der Waals surface area contributed by atoms with Crippen LogP contribution in [0.5, 0.6) is 0 Å². The van der Waals surface area contributed by atoms with Gasteiger partial charge in [0.2, 0.25) is 5.91 Å². The summed E-state index contributed by atoms with van der Waals surface area (Å²) in [5.74, 6) is -0.152. The summed E-state index contributed by atoms with van der Waals surface area (Å²) in [6.07, 6.45) is 0.863. The first kappa shape index (κ1) is 17.7. The minimum absolute atomic E-state index is 0.0860. The molecule has 1 rings (SSSR count). The van der Waals surface area contributed by atoms with Crippen LogP contribution in [0.3, 0.4) is 0 Å². The molecular formula is C18H28FNO. The standard InChI is InChI=1S/C18H28FNO/c1-8-11-20(14-9-10-15(19)13(2)12-14)16(21)18(6,7)17(3,4)5/h9-10,12H,8,11H2,1-7H3. The average Bonchev–Trinajstić information content (AvgIpc) is 2.37. The highest BCUT2D eigenvalue weighted by atomic mass is 19.1. The van der Waals surface area contributed by atoms with Crippen molar-refractivity contribution in [2.45, 2.75) is 54.9 Å². The Bertz CT molecular complexity index is 514. The molecule has 1 aromatic rings. The fraction of sp³-hybridized carbons (Fsp3) is 0.611. The van der Waals surface area contributed by atoms with E-state index in [0.717, 1.165) is 12.1 Å². The summed E-state index contributed by atoms with van der Waals surface area (Å²) in [7, 11) is 0. The van der Waals surface area contributed by atoms with E-state index in [9.17, 15) is 9.18 Å². The lowest BCUT2D eigenvalue weighted by Crippen LogP contribution is -2.48. The van der Waals surface area contributed by atoms with Gasteiger partial charge in [-0.05, 0) is 42.5 Å². The molecule has 0 saturated heterocycles. The second-order valence-electron chi connectivity index (χ2n) is 7.27. The van der Waals surface area contributed by atoms with E-state index in [4.69, 9.17) is 0 Å². The number of hydrogen-bond acceptors (Lipinski definition) is 1. The first-order valence-corrected chi connectivity index (χ1v) is 7.60. The molecule has 0 aliphatic carbocycles. The number of nitrogens with zero attached hydrogens (tertiary/aromatic N) is 1. The van der Waals surface area contributed by atoms with Crippen molar-refractivity contribution in [1.82, 2.24) is 0 Å². The molecule has 0 aliphatic rings. The molecule has 0 unspecified atom stereocenters. The lowest BCUT2D eigenvalue weighted by atomic mass is 9.68. The lowest BCUT2D eigenvalue weighted by Gasteiger charge is -2.41. The molecule has 1 amide bonds. The van der Waals surface area contributed by atoms with E-state index < -0.39 is 5.41 Å². The molecular weight excluding hydrogens is 265 g/mol. The van der Waals surface area contributed by atoms with Gasteiger partial charge in [0, 0.05) is 17.6 Å². The molecule has 118 valence electrons. The normalized spacial score (nSPS) is 12.4. The van der Waals surface area contributed by atoms with Crippen LogP contribution in [-0.4, -0.2) is 12.5 Å². The number of hydrogen-bond donors (Lipinski definition) is 0. The zero-order chi connectivity index (χ0) is 16.4. The lowest BCUT2D eigenvalue weighted by molar-refractivity contribution is -0.131. The first-order valence-electron chi connectivity index (χ1n) is 7.60. The maximum Gasteiger partial charge on any atom is 0.233 e. The molecule has 0 N–H and O–H groups in total. The van der Waals surface area contributed by atoms with Gasteiger partial charge in [-0.1, -0.05) is 41.5 Å². The Labute approximate surface area is 128 Å². The summed E-state index contributed by atoms with van der Waals surface area (Å²) in [4.78, 5) is 14.8. The predicted molar refractivity (Wildman–Crippen MR) is 87.0 cm³/mol. The van der Waals surface area contributed by atoms with Crippen molar-refractivity contribution in [2.24, 2.45) is 10.8 Å². The van der Waals surface area contributed by atoms with Gasteiger partial charge in [-0.3, -0.25) is 4.79 Å². The Morgan fingerprint density at radius 3 is 2.19 bits per heavy atom.